The third-order valence-corrected chi connectivity index (χ3v) is 4.17. The summed E-state index contributed by atoms with van der Waals surface area (Å²) in [5.74, 6) is -0.412. The fraction of sp³-hybridized carbons (Fsp3) is 0.333. The Morgan fingerprint density at radius 1 is 1.32 bits per heavy atom. The van der Waals surface area contributed by atoms with Crippen LogP contribution in [0.2, 0.25) is 0 Å². The molecule has 0 bridgehead atoms. The monoisotopic (exact) mass is 345 g/mol. The first kappa shape index (κ1) is 17.1. The molecule has 2 heterocycles. The number of hydrogen-bond acceptors (Lipinski definition) is 3. The minimum Gasteiger partial charge on any atom is -0.367 e. The molecule has 1 aliphatic rings. The normalized spacial score (nSPS) is 17.6. The molecule has 0 spiro atoms. The average molecular weight is 345 g/mol. The summed E-state index contributed by atoms with van der Waals surface area (Å²) in [5.41, 5.74) is 1.36. The van der Waals surface area contributed by atoms with Gasteiger partial charge in [-0.15, -0.1) is 0 Å². The highest BCUT2D eigenvalue weighted by Crippen LogP contribution is 2.24. The highest BCUT2D eigenvalue weighted by atomic mass is 19.1. The molecule has 1 atom stereocenters. The number of aliphatic imine (C=N–C) groups is 1. The number of hydrogen-bond donors (Lipinski definition) is 2. The summed E-state index contributed by atoms with van der Waals surface area (Å²) < 4.78 is 27.0. The maximum atomic E-state index is 13.9. The molecular weight excluding hydrogens is 324 g/mol. The third-order valence-electron chi connectivity index (χ3n) is 4.17. The van der Waals surface area contributed by atoms with E-state index in [2.05, 4.69) is 20.6 Å². The predicted molar refractivity (Wildman–Crippen MR) is 94.5 cm³/mol. The van der Waals surface area contributed by atoms with E-state index in [0.29, 0.717) is 31.3 Å². The van der Waals surface area contributed by atoms with Crippen molar-refractivity contribution >= 4 is 11.6 Å². The van der Waals surface area contributed by atoms with E-state index in [1.807, 2.05) is 23.1 Å². The first-order chi connectivity index (χ1) is 12.2. The molecule has 5 nitrogen and oxygen atoms in total. The summed E-state index contributed by atoms with van der Waals surface area (Å²) in [7, 11) is 1.71. The smallest absolute Gasteiger partial charge is 0.191 e. The lowest BCUT2D eigenvalue weighted by molar-refractivity contribution is 0.580. The molecule has 1 fully saturated rings. The zero-order valence-electron chi connectivity index (χ0n) is 14.0. The van der Waals surface area contributed by atoms with E-state index in [-0.39, 0.29) is 6.04 Å². The Morgan fingerprint density at radius 2 is 2.20 bits per heavy atom. The van der Waals surface area contributed by atoms with Crippen molar-refractivity contribution in [2.24, 2.45) is 4.99 Å². The fourth-order valence-electron chi connectivity index (χ4n) is 2.90. The Morgan fingerprint density at radius 3 is 2.92 bits per heavy atom. The van der Waals surface area contributed by atoms with Crippen LogP contribution in [0.3, 0.4) is 0 Å². The van der Waals surface area contributed by atoms with Crippen LogP contribution >= 0.6 is 0 Å². The summed E-state index contributed by atoms with van der Waals surface area (Å²) in [6.45, 7) is 1.91. The van der Waals surface area contributed by atoms with Crippen molar-refractivity contribution < 1.29 is 8.78 Å². The van der Waals surface area contributed by atoms with Crippen molar-refractivity contribution in [1.82, 2.24) is 15.6 Å². The average Bonchev–Trinajstić information content (AvgIpc) is 3.07. The van der Waals surface area contributed by atoms with Crippen LogP contribution in [0.4, 0.5) is 14.5 Å². The van der Waals surface area contributed by atoms with Crippen LogP contribution in [0.5, 0.6) is 0 Å². The van der Waals surface area contributed by atoms with Gasteiger partial charge < -0.3 is 15.5 Å². The number of nitrogens with zero attached hydrogens (tertiary/aromatic N) is 3. The molecule has 0 amide bonds. The molecule has 1 aromatic carbocycles. The van der Waals surface area contributed by atoms with Gasteiger partial charge in [0.25, 0.3) is 0 Å². The fourth-order valence-corrected chi connectivity index (χ4v) is 2.90. The van der Waals surface area contributed by atoms with Crippen molar-refractivity contribution in [3.63, 3.8) is 0 Å². The Balaban J connectivity index is 1.54. The summed E-state index contributed by atoms with van der Waals surface area (Å²) in [5, 5.41) is 6.56. The lowest BCUT2D eigenvalue weighted by Crippen LogP contribution is -2.44. The Hall–Kier alpha value is -2.70. The predicted octanol–water partition coefficient (Wildman–Crippen LogP) is 2.30. The molecule has 3 rings (SSSR count). The first-order valence-electron chi connectivity index (χ1n) is 8.23. The van der Waals surface area contributed by atoms with Gasteiger partial charge in [0.1, 0.15) is 11.6 Å². The molecule has 0 saturated carbocycles. The van der Waals surface area contributed by atoms with Gasteiger partial charge in [-0.05, 0) is 30.7 Å². The highest BCUT2D eigenvalue weighted by Gasteiger charge is 2.25. The lowest BCUT2D eigenvalue weighted by atomic mass is 10.2. The van der Waals surface area contributed by atoms with Crippen molar-refractivity contribution in [3.8, 4) is 0 Å². The minimum absolute atomic E-state index is 0.138. The summed E-state index contributed by atoms with van der Waals surface area (Å²) >= 11 is 0. The van der Waals surface area contributed by atoms with Crippen molar-refractivity contribution in [2.45, 2.75) is 19.0 Å². The molecular formula is C18H21F2N5. The van der Waals surface area contributed by atoms with E-state index in [1.165, 1.54) is 12.1 Å². The van der Waals surface area contributed by atoms with Crippen molar-refractivity contribution in [1.29, 1.82) is 0 Å². The lowest BCUT2D eigenvalue weighted by Gasteiger charge is -2.21. The number of guanidine groups is 1. The largest absolute Gasteiger partial charge is 0.367 e. The van der Waals surface area contributed by atoms with E-state index >= 15 is 0 Å². The van der Waals surface area contributed by atoms with Gasteiger partial charge in [-0.2, -0.15) is 0 Å². The molecule has 7 heteroatoms. The Kier molecular flexibility index (Phi) is 5.42. The van der Waals surface area contributed by atoms with E-state index in [9.17, 15) is 8.78 Å². The van der Waals surface area contributed by atoms with Crippen molar-refractivity contribution in [3.05, 3.63) is 59.9 Å². The second-order valence-electron chi connectivity index (χ2n) is 5.92. The zero-order valence-corrected chi connectivity index (χ0v) is 14.0. The highest BCUT2D eigenvalue weighted by molar-refractivity contribution is 5.80. The number of pyridine rings is 1. The van der Waals surface area contributed by atoms with Gasteiger partial charge in [-0.1, -0.05) is 6.07 Å². The molecule has 2 aromatic rings. The topological polar surface area (TPSA) is 52.6 Å². The van der Waals surface area contributed by atoms with E-state index in [1.54, 1.807) is 13.2 Å². The molecule has 1 unspecified atom stereocenters. The second kappa shape index (κ2) is 7.92. The number of halogens is 2. The molecule has 132 valence electrons. The Bertz CT molecular complexity index is 736. The number of nitrogens with one attached hydrogen (secondary N) is 2. The van der Waals surface area contributed by atoms with Gasteiger partial charge in [-0.3, -0.25) is 9.98 Å². The summed E-state index contributed by atoms with van der Waals surface area (Å²) in [6, 6.07) is 9.58. The standard InChI is InChI=1S/C18H21F2N5/c1-21-18(23-11-14-4-2-3-8-22-14)24-15-7-9-25(12-15)17-6-5-13(19)10-16(17)20/h2-6,8,10,15H,7,9,11-12H2,1H3,(H2,21,23,24). The van der Waals surface area contributed by atoms with Crippen LogP contribution in [-0.4, -0.2) is 37.1 Å². The van der Waals surface area contributed by atoms with Gasteiger partial charge in [0.2, 0.25) is 0 Å². The SMILES string of the molecule is CN=C(NCc1ccccn1)NC1CCN(c2ccc(F)cc2F)C1. The van der Waals surface area contributed by atoms with Gasteiger partial charge in [0.05, 0.1) is 17.9 Å². The number of rotatable bonds is 4. The first-order valence-corrected chi connectivity index (χ1v) is 8.23. The van der Waals surface area contributed by atoms with Crippen LogP contribution in [0, 0.1) is 11.6 Å². The quantitative estimate of drug-likeness (QED) is 0.660. The van der Waals surface area contributed by atoms with Crippen LogP contribution in [0.15, 0.2) is 47.6 Å². The van der Waals surface area contributed by atoms with Gasteiger partial charge >= 0.3 is 0 Å². The van der Waals surface area contributed by atoms with Gasteiger partial charge in [-0.25, -0.2) is 8.78 Å². The molecule has 25 heavy (non-hydrogen) atoms. The number of benzene rings is 1. The Labute approximate surface area is 145 Å². The molecule has 0 radical (unpaired) electrons. The molecule has 1 saturated heterocycles. The maximum absolute atomic E-state index is 13.9. The zero-order chi connectivity index (χ0) is 17.6. The van der Waals surface area contributed by atoms with Crippen molar-refractivity contribution in [2.75, 3.05) is 25.0 Å². The van der Waals surface area contributed by atoms with Crippen LogP contribution in [0.1, 0.15) is 12.1 Å². The van der Waals surface area contributed by atoms with Gasteiger partial charge in [0.15, 0.2) is 5.96 Å². The number of anilines is 1. The molecule has 0 aliphatic carbocycles. The van der Waals surface area contributed by atoms with Crippen LogP contribution in [0.25, 0.3) is 0 Å². The molecule has 1 aliphatic heterocycles. The molecule has 1 aromatic heterocycles. The van der Waals surface area contributed by atoms with E-state index < -0.39 is 11.6 Å². The number of aromatic nitrogens is 1. The maximum Gasteiger partial charge on any atom is 0.191 e. The van der Waals surface area contributed by atoms with Crippen LogP contribution < -0.4 is 15.5 Å². The van der Waals surface area contributed by atoms with Crippen LogP contribution in [-0.2, 0) is 6.54 Å². The summed E-state index contributed by atoms with van der Waals surface area (Å²) in [6.07, 6.45) is 2.60. The second-order valence-corrected chi connectivity index (χ2v) is 5.92. The van der Waals surface area contributed by atoms with Gasteiger partial charge in [0, 0.05) is 38.4 Å². The van der Waals surface area contributed by atoms with E-state index in [0.717, 1.165) is 18.2 Å². The summed E-state index contributed by atoms with van der Waals surface area (Å²) in [4.78, 5) is 10.4. The van der Waals surface area contributed by atoms with E-state index in [4.69, 9.17) is 0 Å². The third kappa shape index (κ3) is 4.43. The minimum atomic E-state index is -0.561. The molecule has 2 N–H and O–H groups in total.